The lowest BCUT2D eigenvalue weighted by molar-refractivity contribution is 0.0790. The molecule has 1 saturated heterocycles. The minimum atomic E-state index is -3.69. The first-order chi connectivity index (χ1) is 9.85. The molecule has 7 nitrogen and oxygen atoms in total. The van der Waals surface area contributed by atoms with Crippen LogP contribution in [0.3, 0.4) is 0 Å². The molecular formula is C13H25N5O2S. The van der Waals surface area contributed by atoms with Gasteiger partial charge in [0.05, 0.1) is 0 Å². The van der Waals surface area contributed by atoms with E-state index in [0.717, 1.165) is 25.7 Å². The molecule has 0 radical (unpaired) electrons. The van der Waals surface area contributed by atoms with Crippen molar-refractivity contribution >= 4 is 15.8 Å². The van der Waals surface area contributed by atoms with Gasteiger partial charge in [-0.3, -0.25) is 4.68 Å². The second-order valence-electron chi connectivity index (χ2n) is 5.77. The summed E-state index contributed by atoms with van der Waals surface area (Å²) in [6, 6.07) is 0.353. The molecule has 0 spiro atoms. The average Bonchev–Trinajstić information content (AvgIpc) is 2.76. The van der Waals surface area contributed by atoms with Crippen molar-refractivity contribution in [2.45, 2.75) is 70.0 Å². The molecule has 1 aliphatic heterocycles. The molecule has 2 heterocycles. The number of sulfonamides is 1. The Morgan fingerprint density at radius 3 is 2.57 bits per heavy atom. The fourth-order valence-electron chi connectivity index (χ4n) is 2.76. The van der Waals surface area contributed by atoms with E-state index in [-0.39, 0.29) is 22.8 Å². The summed E-state index contributed by atoms with van der Waals surface area (Å²) in [6.45, 7) is 6.71. The van der Waals surface area contributed by atoms with E-state index in [2.05, 4.69) is 9.93 Å². The molecule has 1 fully saturated rings. The quantitative estimate of drug-likeness (QED) is 0.855. The van der Waals surface area contributed by atoms with E-state index in [9.17, 15) is 8.42 Å². The predicted molar refractivity (Wildman–Crippen MR) is 81.9 cm³/mol. The number of nitrogens with two attached hydrogens (primary N) is 1. The largest absolute Gasteiger partial charge is 0.381 e. The monoisotopic (exact) mass is 315 g/mol. The maximum absolute atomic E-state index is 12.5. The van der Waals surface area contributed by atoms with Crippen molar-refractivity contribution in [1.82, 2.24) is 19.6 Å². The Labute approximate surface area is 126 Å². The zero-order chi connectivity index (χ0) is 15.6. The van der Waals surface area contributed by atoms with E-state index in [0.29, 0.717) is 6.54 Å². The average molecular weight is 315 g/mol. The molecule has 21 heavy (non-hydrogen) atoms. The normalized spacial score (nSPS) is 24.3. The molecule has 120 valence electrons. The van der Waals surface area contributed by atoms with E-state index >= 15 is 0 Å². The van der Waals surface area contributed by atoms with Gasteiger partial charge in [-0.2, -0.15) is 5.10 Å². The SMILES string of the molecule is CCCn1cc(S(=O)(=O)NN2C(C)CCCC2C)c(N)n1. The number of rotatable bonds is 5. The molecular weight excluding hydrogens is 290 g/mol. The van der Waals surface area contributed by atoms with Gasteiger partial charge >= 0.3 is 0 Å². The van der Waals surface area contributed by atoms with E-state index in [1.54, 1.807) is 4.68 Å². The lowest BCUT2D eigenvalue weighted by Gasteiger charge is -2.38. The smallest absolute Gasteiger partial charge is 0.258 e. The van der Waals surface area contributed by atoms with Crippen molar-refractivity contribution in [1.29, 1.82) is 0 Å². The van der Waals surface area contributed by atoms with Crippen molar-refractivity contribution in [2.75, 3.05) is 5.73 Å². The number of piperidine rings is 1. The zero-order valence-electron chi connectivity index (χ0n) is 12.9. The number of anilines is 1. The van der Waals surface area contributed by atoms with E-state index < -0.39 is 10.0 Å². The number of hydrogen-bond acceptors (Lipinski definition) is 5. The molecule has 0 saturated carbocycles. The fraction of sp³-hybridized carbons (Fsp3) is 0.769. The second kappa shape index (κ2) is 6.33. The molecule has 0 amide bonds. The number of aryl methyl sites for hydroxylation is 1. The summed E-state index contributed by atoms with van der Waals surface area (Å²) in [5, 5.41) is 5.87. The molecule has 0 aromatic carbocycles. The molecule has 1 aromatic heterocycles. The minimum Gasteiger partial charge on any atom is -0.381 e. The van der Waals surface area contributed by atoms with Crippen LogP contribution in [-0.4, -0.2) is 35.3 Å². The molecule has 2 atom stereocenters. The lowest BCUT2D eigenvalue weighted by Crippen LogP contribution is -2.53. The van der Waals surface area contributed by atoms with E-state index in [1.165, 1.54) is 6.20 Å². The Kier molecular flexibility index (Phi) is 4.90. The first kappa shape index (κ1) is 16.3. The van der Waals surface area contributed by atoms with Crippen molar-refractivity contribution in [3.63, 3.8) is 0 Å². The second-order valence-corrected chi connectivity index (χ2v) is 7.40. The molecule has 2 unspecified atom stereocenters. The van der Waals surface area contributed by atoms with Crippen molar-refractivity contribution in [3.05, 3.63) is 6.20 Å². The number of nitrogens with zero attached hydrogens (tertiary/aromatic N) is 3. The standard InChI is InChI=1S/C13H25N5O2S/c1-4-8-17-9-12(13(14)15-17)21(19,20)16-18-10(2)6-5-7-11(18)3/h9-11,16H,4-8H2,1-3H3,(H2,14,15). The summed E-state index contributed by atoms with van der Waals surface area (Å²) in [4.78, 5) is 2.74. The molecule has 8 heteroatoms. The molecule has 0 bridgehead atoms. The first-order valence-electron chi connectivity index (χ1n) is 7.49. The topological polar surface area (TPSA) is 93.2 Å². The zero-order valence-corrected chi connectivity index (χ0v) is 13.7. The van der Waals surface area contributed by atoms with Gasteiger partial charge in [0.25, 0.3) is 10.0 Å². The molecule has 1 aliphatic rings. The van der Waals surface area contributed by atoms with Gasteiger partial charge in [-0.15, -0.1) is 4.83 Å². The van der Waals surface area contributed by atoms with Crippen molar-refractivity contribution < 1.29 is 8.42 Å². The molecule has 3 N–H and O–H groups in total. The van der Waals surface area contributed by atoms with Gasteiger partial charge in [-0.1, -0.05) is 13.3 Å². The maximum atomic E-state index is 12.5. The number of hydrogen-bond donors (Lipinski definition) is 2. The lowest BCUT2D eigenvalue weighted by atomic mass is 10.0. The van der Waals surface area contributed by atoms with Gasteiger partial charge in [-0.25, -0.2) is 13.4 Å². The van der Waals surface area contributed by atoms with Crippen LogP contribution in [0.5, 0.6) is 0 Å². The van der Waals surface area contributed by atoms with Crippen LogP contribution in [0, 0.1) is 0 Å². The molecule has 2 rings (SSSR count). The Hall–Kier alpha value is -1.12. The molecule has 1 aromatic rings. The van der Waals surface area contributed by atoms with Crippen LogP contribution in [0.15, 0.2) is 11.1 Å². The number of nitrogen functional groups attached to an aromatic ring is 1. The van der Waals surface area contributed by atoms with Gasteiger partial charge in [0, 0.05) is 24.8 Å². The highest BCUT2D eigenvalue weighted by Gasteiger charge is 2.31. The Balaban J connectivity index is 2.21. The van der Waals surface area contributed by atoms with Crippen LogP contribution in [0.2, 0.25) is 0 Å². The maximum Gasteiger partial charge on any atom is 0.258 e. The minimum absolute atomic E-state index is 0.0493. The fourth-order valence-corrected chi connectivity index (χ4v) is 4.07. The van der Waals surface area contributed by atoms with Gasteiger partial charge in [0.2, 0.25) is 0 Å². The third-order valence-electron chi connectivity index (χ3n) is 3.92. The Morgan fingerprint density at radius 1 is 1.38 bits per heavy atom. The number of hydrazine groups is 1. The summed E-state index contributed by atoms with van der Waals surface area (Å²) in [6.07, 6.45) is 5.46. The Bertz CT molecular complexity index is 573. The van der Waals surface area contributed by atoms with Gasteiger partial charge in [-0.05, 0) is 33.1 Å². The van der Waals surface area contributed by atoms with Crippen LogP contribution in [0.25, 0.3) is 0 Å². The predicted octanol–water partition coefficient (Wildman–Crippen LogP) is 1.33. The van der Waals surface area contributed by atoms with Crippen molar-refractivity contribution in [3.8, 4) is 0 Å². The summed E-state index contributed by atoms with van der Waals surface area (Å²) < 4.78 is 26.7. The number of aromatic nitrogens is 2. The van der Waals surface area contributed by atoms with Crippen LogP contribution in [-0.2, 0) is 16.6 Å². The highest BCUT2D eigenvalue weighted by molar-refractivity contribution is 7.89. The van der Waals surface area contributed by atoms with Crippen LogP contribution in [0.1, 0.15) is 46.5 Å². The Morgan fingerprint density at radius 2 is 2.00 bits per heavy atom. The highest BCUT2D eigenvalue weighted by Crippen LogP contribution is 2.23. The third-order valence-corrected chi connectivity index (χ3v) is 5.26. The van der Waals surface area contributed by atoms with E-state index in [1.807, 2.05) is 25.8 Å². The summed E-state index contributed by atoms with van der Waals surface area (Å²) in [5.41, 5.74) is 5.76. The first-order valence-corrected chi connectivity index (χ1v) is 8.97. The van der Waals surface area contributed by atoms with Crippen LogP contribution >= 0.6 is 0 Å². The van der Waals surface area contributed by atoms with Gasteiger partial charge in [0.1, 0.15) is 4.90 Å². The van der Waals surface area contributed by atoms with Crippen molar-refractivity contribution in [2.24, 2.45) is 0 Å². The summed E-state index contributed by atoms with van der Waals surface area (Å²) >= 11 is 0. The third kappa shape index (κ3) is 3.56. The van der Waals surface area contributed by atoms with Crippen LogP contribution in [0.4, 0.5) is 5.82 Å². The van der Waals surface area contributed by atoms with Gasteiger partial charge < -0.3 is 5.73 Å². The number of nitrogens with one attached hydrogen (secondary N) is 1. The van der Waals surface area contributed by atoms with Gasteiger partial charge in [0.15, 0.2) is 5.82 Å². The summed E-state index contributed by atoms with van der Waals surface area (Å²) in [5.74, 6) is 0.0493. The summed E-state index contributed by atoms with van der Waals surface area (Å²) in [7, 11) is -3.69. The highest BCUT2D eigenvalue weighted by atomic mass is 32.2. The molecule has 0 aliphatic carbocycles. The van der Waals surface area contributed by atoms with E-state index in [4.69, 9.17) is 5.73 Å². The van der Waals surface area contributed by atoms with Crippen LogP contribution < -0.4 is 10.6 Å².